The zero-order chi connectivity index (χ0) is 18.9. The van der Waals surface area contributed by atoms with Gasteiger partial charge in [-0.15, -0.1) is 11.3 Å². The van der Waals surface area contributed by atoms with Gasteiger partial charge >= 0.3 is 0 Å². The zero-order valence-electron chi connectivity index (χ0n) is 15.6. The molecule has 3 heterocycles. The number of hydrogen-bond acceptors (Lipinski definition) is 5. The summed E-state index contributed by atoms with van der Waals surface area (Å²) >= 11 is 8.00. The smallest absolute Gasteiger partial charge is 0.119 e. The van der Waals surface area contributed by atoms with E-state index < -0.39 is 0 Å². The largest absolute Gasteiger partial charge is 0.491 e. The lowest BCUT2D eigenvalue weighted by molar-refractivity contribution is -0.110. The molecule has 1 N–H and O–H groups in total. The Morgan fingerprint density at radius 1 is 1.41 bits per heavy atom. The molecule has 0 unspecified atom stereocenters. The van der Waals surface area contributed by atoms with Crippen molar-refractivity contribution in [2.24, 2.45) is 0 Å². The monoisotopic (exact) mass is 407 g/mol. The van der Waals surface area contributed by atoms with Gasteiger partial charge in [-0.05, 0) is 55.5 Å². The van der Waals surface area contributed by atoms with Crippen LogP contribution in [0.15, 0.2) is 30.3 Å². The van der Waals surface area contributed by atoms with E-state index in [1.807, 2.05) is 12.1 Å². The first-order valence-corrected chi connectivity index (χ1v) is 10.8. The molecule has 0 aliphatic carbocycles. The van der Waals surface area contributed by atoms with E-state index in [0.29, 0.717) is 12.6 Å². The van der Waals surface area contributed by atoms with Crippen molar-refractivity contribution in [3.63, 3.8) is 0 Å². The van der Waals surface area contributed by atoms with E-state index in [9.17, 15) is 0 Å². The number of nitrogens with zero attached hydrogens (tertiary/aromatic N) is 1. The fourth-order valence-electron chi connectivity index (χ4n) is 4.35. The number of piperidine rings is 1. The summed E-state index contributed by atoms with van der Waals surface area (Å²) in [6.45, 7) is 5.33. The highest BCUT2D eigenvalue weighted by molar-refractivity contribution is 7.16. The number of hydrogen-bond donors (Lipinski definition) is 1. The van der Waals surface area contributed by atoms with Crippen molar-refractivity contribution in [2.75, 3.05) is 26.4 Å². The first kappa shape index (κ1) is 19.2. The van der Waals surface area contributed by atoms with Crippen molar-refractivity contribution in [2.45, 2.75) is 44.4 Å². The minimum absolute atomic E-state index is 0.0319. The van der Waals surface area contributed by atoms with E-state index in [1.54, 1.807) is 11.3 Å². The Morgan fingerprint density at radius 2 is 2.30 bits per heavy atom. The Morgan fingerprint density at radius 3 is 3.11 bits per heavy atom. The first-order valence-electron chi connectivity index (χ1n) is 9.59. The van der Waals surface area contributed by atoms with Crippen molar-refractivity contribution in [3.05, 3.63) is 50.7 Å². The minimum Gasteiger partial charge on any atom is -0.491 e. The molecule has 1 aromatic carbocycles. The van der Waals surface area contributed by atoms with E-state index in [1.165, 1.54) is 16.0 Å². The van der Waals surface area contributed by atoms with Crippen molar-refractivity contribution in [1.29, 1.82) is 0 Å². The van der Waals surface area contributed by atoms with Crippen LogP contribution in [0.1, 0.15) is 35.8 Å². The molecule has 2 aliphatic heterocycles. The Hall–Kier alpha value is -1.11. The molecule has 1 fully saturated rings. The van der Waals surface area contributed by atoms with Crippen LogP contribution < -0.4 is 4.74 Å². The third kappa shape index (κ3) is 4.03. The summed E-state index contributed by atoms with van der Waals surface area (Å²) in [6.07, 6.45) is 2.97. The van der Waals surface area contributed by atoms with Crippen LogP contribution in [-0.2, 0) is 23.3 Å². The average molecular weight is 408 g/mol. The molecular weight excluding hydrogens is 382 g/mol. The Balaban J connectivity index is 1.46. The molecule has 6 heteroatoms. The average Bonchev–Trinajstić information content (AvgIpc) is 3.05. The van der Waals surface area contributed by atoms with Gasteiger partial charge < -0.3 is 14.6 Å². The molecule has 0 radical (unpaired) electrons. The number of aliphatic hydroxyl groups excluding tert-OH is 1. The van der Waals surface area contributed by atoms with Gasteiger partial charge in [0.05, 0.1) is 17.6 Å². The van der Waals surface area contributed by atoms with Crippen LogP contribution in [0, 0.1) is 0 Å². The highest BCUT2D eigenvalue weighted by Crippen LogP contribution is 2.48. The number of likely N-dealkylation sites (tertiary alicyclic amines) is 1. The summed E-state index contributed by atoms with van der Waals surface area (Å²) in [5, 5.41) is 8.93. The van der Waals surface area contributed by atoms with Crippen LogP contribution in [0.4, 0.5) is 0 Å². The van der Waals surface area contributed by atoms with Gasteiger partial charge in [0, 0.05) is 24.0 Å². The molecule has 2 atom stereocenters. The van der Waals surface area contributed by atoms with Crippen LogP contribution in [0.5, 0.6) is 5.75 Å². The van der Waals surface area contributed by atoms with Crippen LogP contribution in [0.3, 0.4) is 0 Å². The molecule has 27 heavy (non-hydrogen) atoms. The predicted octanol–water partition coefficient (Wildman–Crippen LogP) is 4.23. The summed E-state index contributed by atoms with van der Waals surface area (Å²) in [5.74, 6) is 0.816. The summed E-state index contributed by atoms with van der Waals surface area (Å²) in [6, 6.07) is 10.7. The number of fused-ring (bicyclic) bond motifs is 2. The van der Waals surface area contributed by atoms with Gasteiger partial charge in [0.15, 0.2) is 0 Å². The van der Waals surface area contributed by atoms with Crippen LogP contribution >= 0.6 is 22.9 Å². The van der Waals surface area contributed by atoms with Crippen LogP contribution in [-0.4, -0.2) is 42.4 Å². The standard InChI is InChI=1S/C21H26ClNO3S/c1-15-13-21(20-17(5-9-26-21)12-19(22)27-20)6-7-23(15)14-16-3-2-4-18(11-16)25-10-8-24/h2-4,11-12,15,24H,5-10,13-14H2,1H3/t15-,21+/m0/s1. The number of halogens is 1. The lowest BCUT2D eigenvalue weighted by atomic mass is 9.82. The van der Waals surface area contributed by atoms with Gasteiger partial charge in [0.2, 0.25) is 0 Å². The minimum atomic E-state index is -0.159. The number of rotatable bonds is 5. The molecule has 146 valence electrons. The van der Waals surface area contributed by atoms with Gasteiger partial charge in [-0.1, -0.05) is 23.7 Å². The number of aliphatic hydroxyl groups is 1. The number of ether oxygens (including phenoxy) is 2. The molecule has 4 rings (SSSR count). The third-order valence-corrected chi connectivity index (χ3v) is 7.13. The Labute approximate surface area is 169 Å². The molecule has 1 saturated heterocycles. The molecule has 0 bridgehead atoms. The lowest BCUT2D eigenvalue weighted by Gasteiger charge is -2.47. The fraction of sp³-hybridized carbons (Fsp3) is 0.524. The first-order chi connectivity index (χ1) is 13.1. The second kappa shape index (κ2) is 8.10. The maximum absolute atomic E-state index is 8.93. The fourth-order valence-corrected chi connectivity index (χ4v) is 5.83. The molecular formula is C21H26ClNO3S. The highest BCUT2D eigenvalue weighted by atomic mass is 35.5. The predicted molar refractivity (Wildman–Crippen MR) is 109 cm³/mol. The third-order valence-electron chi connectivity index (χ3n) is 5.64. The van der Waals surface area contributed by atoms with E-state index in [2.05, 4.69) is 30.0 Å². The SMILES string of the molecule is C[C@H]1C[C@@]2(CCN1Cc1cccc(OCCO)c1)OCCc1cc(Cl)sc12. The Bertz CT molecular complexity index is 795. The van der Waals surface area contributed by atoms with Crippen molar-refractivity contribution >= 4 is 22.9 Å². The maximum atomic E-state index is 8.93. The molecule has 2 aromatic rings. The molecule has 1 spiro atoms. The van der Waals surface area contributed by atoms with E-state index >= 15 is 0 Å². The van der Waals surface area contributed by atoms with Crippen molar-refractivity contribution < 1.29 is 14.6 Å². The van der Waals surface area contributed by atoms with Crippen LogP contribution in [0.2, 0.25) is 4.34 Å². The molecule has 2 aliphatic rings. The molecule has 4 nitrogen and oxygen atoms in total. The van der Waals surface area contributed by atoms with E-state index in [0.717, 1.165) is 49.0 Å². The summed E-state index contributed by atoms with van der Waals surface area (Å²) < 4.78 is 12.8. The summed E-state index contributed by atoms with van der Waals surface area (Å²) in [5.41, 5.74) is 2.45. The lowest BCUT2D eigenvalue weighted by Crippen LogP contribution is -2.49. The topological polar surface area (TPSA) is 41.9 Å². The summed E-state index contributed by atoms with van der Waals surface area (Å²) in [4.78, 5) is 3.87. The Kier molecular flexibility index (Phi) is 5.76. The molecule has 1 aromatic heterocycles. The number of benzene rings is 1. The van der Waals surface area contributed by atoms with Gasteiger partial charge in [0.1, 0.15) is 18.0 Å². The maximum Gasteiger partial charge on any atom is 0.119 e. The van der Waals surface area contributed by atoms with E-state index in [-0.39, 0.29) is 12.2 Å². The van der Waals surface area contributed by atoms with E-state index in [4.69, 9.17) is 26.2 Å². The van der Waals surface area contributed by atoms with Gasteiger partial charge in [0.25, 0.3) is 0 Å². The van der Waals surface area contributed by atoms with Gasteiger partial charge in [-0.3, -0.25) is 4.90 Å². The molecule has 0 saturated carbocycles. The van der Waals surface area contributed by atoms with Crippen molar-refractivity contribution in [1.82, 2.24) is 4.90 Å². The van der Waals surface area contributed by atoms with Crippen molar-refractivity contribution in [3.8, 4) is 5.75 Å². The quantitative estimate of drug-likeness (QED) is 0.805. The second-order valence-electron chi connectivity index (χ2n) is 7.49. The highest BCUT2D eigenvalue weighted by Gasteiger charge is 2.44. The summed E-state index contributed by atoms with van der Waals surface area (Å²) in [7, 11) is 0. The normalized spacial score (nSPS) is 25.5. The zero-order valence-corrected chi connectivity index (χ0v) is 17.2. The number of thiophene rings is 1. The second-order valence-corrected chi connectivity index (χ2v) is 9.17. The van der Waals surface area contributed by atoms with Crippen LogP contribution in [0.25, 0.3) is 0 Å². The van der Waals surface area contributed by atoms with Gasteiger partial charge in [-0.25, -0.2) is 0 Å². The van der Waals surface area contributed by atoms with Gasteiger partial charge in [-0.2, -0.15) is 0 Å². The molecule has 0 amide bonds.